The largest absolute Gasteiger partial charge is 0.490 e. The van der Waals surface area contributed by atoms with E-state index in [4.69, 9.17) is 27.9 Å². The molecule has 1 amide bonds. The molecule has 0 bridgehead atoms. The van der Waals surface area contributed by atoms with Crippen LogP contribution in [0.4, 0.5) is 5.69 Å². The number of carbonyl (C=O) groups is 1. The molecule has 9 heteroatoms. The van der Waals surface area contributed by atoms with Crippen molar-refractivity contribution in [2.45, 2.75) is 44.0 Å². The summed E-state index contributed by atoms with van der Waals surface area (Å²) >= 11 is 12.6. The molecule has 3 rings (SSSR count). The molecule has 192 valence electrons. The van der Waals surface area contributed by atoms with Crippen molar-refractivity contribution in [3.05, 3.63) is 87.9 Å². The number of hydrogen-bond donors (Lipinski definition) is 1. The van der Waals surface area contributed by atoms with Gasteiger partial charge in [-0.15, -0.1) is 0 Å². The summed E-state index contributed by atoms with van der Waals surface area (Å²) in [4.78, 5) is 12.9. The zero-order valence-corrected chi connectivity index (χ0v) is 22.7. The molecule has 0 spiro atoms. The van der Waals surface area contributed by atoms with Crippen LogP contribution in [0.25, 0.3) is 0 Å². The Morgan fingerprint density at radius 2 is 1.58 bits per heavy atom. The van der Waals surface area contributed by atoms with Gasteiger partial charge in [0.15, 0.2) is 5.75 Å². The third kappa shape index (κ3) is 7.46. The molecule has 36 heavy (non-hydrogen) atoms. The lowest BCUT2D eigenvalue weighted by Crippen LogP contribution is -2.26. The smallest absolute Gasteiger partial charge is 0.255 e. The van der Waals surface area contributed by atoms with Gasteiger partial charge in [0.05, 0.1) is 21.5 Å². The summed E-state index contributed by atoms with van der Waals surface area (Å²) in [5, 5.41) is 3.25. The molecule has 0 saturated heterocycles. The molecular formula is C27H30Cl2N2O4S. The van der Waals surface area contributed by atoms with Crippen LogP contribution in [0.3, 0.4) is 0 Å². The van der Waals surface area contributed by atoms with E-state index in [1.165, 1.54) is 47.8 Å². The Kier molecular flexibility index (Phi) is 10.2. The van der Waals surface area contributed by atoms with Crippen molar-refractivity contribution < 1.29 is 17.9 Å². The molecule has 0 aliphatic carbocycles. The van der Waals surface area contributed by atoms with Gasteiger partial charge >= 0.3 is 0 Å². The molecule has 0 aliphatic heterocycles. The fourth-order valence-corrected chi connectivity index (χ4v) is 5.31. The van der Waals surface area contributed by atoms with Crippen LogP contribution >= 0.6 is 23.2 Å². The van der Waals surface area contributed by atoms with Gasteiger partial charge in [-0.05, 0) is 48.4 Å². The van der Waals surface area contributed by atoms with E-state index in [2.05, 4.69) is 12.2 Å². The van der Waals surface area contributed by atoms with E-state index >= 15 is 0 Å². The Hall–Kier alpha value is -2.58. The number of benzene rings is 3. The molecule has 0 unspecified atom stereocenters. The van der Waals surface area contributed by atoms with Crippen molar-refractivity contribution in [2.24, 2.45) is 0 Å². The monoisotopic (exact) mass is 548 g/mol. The van der Waals surface area contributed by atoms with Gasteiger partial charge in [0.1, 0.15) is 0 Å². The quantitative estimate of drug-likeness (QED) is 0.246. The standard InChI is InChI=1S/C27H30Cl2N2O4S/c1-3-4-5-9-16-35-26-24(28)17-21(18-25(26)29)27(32)30-22-12-14-23(15-13-22)36(33,34)31(2)19-20-10-7-6-8-11-20/h6-8,10-15,17-18H,3-5,9,16,19H2,1-2H3,(H,30,32). The molecule has 3 aromatic carbocycles. The van der Waals surface area contributed by atoms with E-state index in [1.807, 2.05) is 30.3 Å². The summed E-state index contributed by atoms with van der Waals surface area (Å²) in [5.74, 6) is -0.0642. The maximum Gasteiger partial charge on any atom is 0.255 e. The van der Waals surface area contributed by atoms with Gasteiger partial charge in [0.2, 0.25) is 10.0 Å². The predicted molar refractivity (Wildman–Crippen MR) is 146 cm³/mol. The van der Waals surface area contributed by atoms with Crippen molar-refractivity contribution in [3.63, 3.8) is 0 Å². The van der Waals surface area contributed by atoms with Gasteiger partial charge < -0.3 is 10.1 Å². The van der Waals surface area contributed by atoms with Gasteiger partial charge in [-0.2, -0.15) is 4.31 Å². The number of ether oxygens (including phenoxy) is 1. The van der Waals surface area contributed by atoms with Crippen LogP contribution in [0.2, 0.25) is 10.0 Å². The molecule has 0 atom stereocenters. The molecule has 6 nitrogen and oxygen atoms in total. The Bertz CT molecular complexity index is 1240. The molecule has 0 aliphatic rings. The molecule has 0 aromatic heterocycles. The van der Waals surface area contributed by atoms with Crippen molar-refractivity contribution in [1.82, 2.24) is 4.31 Å². The third-order valence-corrected chi connectivity index (χ3v) is 7.95. The zero-order chi connectivity index (χ0) is 26.1. The molecule has 3 aromatic rings. The minimum Gasteiger partial charge on any atom is -0.490 e. The average Bonchev–Trinajstić information content (AvgIpc) is 2.86. The topological polar surface area (TPSA) is 75.7 Å². The van der Waals surface area contributed by atoms with Crippen LogP contribution in [-0.2, 0) is 16.6 Å². The van der Waals surface area contributed by atoms with E-state index < -0.39 is 15.9 Å². The molecule has 0 radical (unpaired) electrons. The molecule has 1 N–H and O–H groups in total. The number of carbonyl (C=O) groups excluding carboxylic acids is 1. The van der Waals surface area contributed by atoms with Crippen LogP contribution in [0.5, 0.6) is 5.75 Å². The average molecular weight is 550 g/mol. The summed E-state index contributed by atoms with van der Waals surface area (Å²) in [6.45, 7) is 2.89. The Morgan fingerprint density at radius 1 is 0.944 bits per heavy atom. The number of anilines is 1. The first kappa shape index (κ1) is 28.0. The van der Waals surface area contributed by atoms with Crippen LogP contribution < -0.4 is 10.1 Å². The second-order valence-corrected chi connectivity index (χ2v) is 11.3. The Morgan fingerprint density at radius 3 is 2.19 bits per heavy atom. The van der Waals surface area contributed by atoms with Crippen molar-refractivity contribution in [3.8, 4) is 5.75 Å². The third-order valence-electron chi connectivity index (χ3n) is 5.57. The van der Waals surface area contributed by atoms with Gasteiger partial charge in [-0.1, -0.05) is 79.7 Å². The first-order valence-electron chi connectivity index (χ1n) is 11.8. The highest BCUT2D eigenvalue weighted by molar-refractivity contribution is 7.89. The van der Waals surface area contributed by atoms with Crippen LogP contribution in [0.1, 0.15) is 48.5 Å². The van der Waals surface area contributed by atoms with E-state index in [1.54, 1.807) is 0 Å². The SMILES string of the molecule is CCCCCCOc1c(Cl)cc(C(=O)Nc2ccc(S(=O)(=O)N(C)Cc3ccccc3)cc2)cc1Cl. The van der Waals surface area contributed by atoms with E-state index in [0.29, 0.717) is 18.0 Å². The number of nitrogens with one attached hydrogen (secondary N) is 1. The van der Waals surface area contributed by atoms with E-state index in [0.717, 1.165) is 31.2 Å². The van der Waals surface area contributed by atoms with Crippen molar-refractivity contribution in [2.75, 3.05) is 19.0 Å². The summed E-state index contributed by atoms with van der Waals surface area (Å²) in [5.41, 5.74) is 1.59. The Balaban J connectivity index is 1.64. The van der Waals surface area contributed by atoms with Crippen LogP contribution in [0, 0.1) is 0 Å². The fourth-order valence-electron chi connectivity index (χ4n) is 3.55. The summed E-state index contributed by atoms with van der Waals surface area (Å²) in [7, 11) is -2.16. The van der Waals surface area contributed by atoms with E-state index in [-0.39, 0.29) is 27.0 Å². The lowest BCUT2D eigenvalue weighted by atomic mass is 10.2. The molecular weight excluding hydrogens is 519 g/mol. The zero-order valence-electron chi connectivity index (χ0n) is 20.3. The van der Waals surface area contributed by atoms with Crippen LogP contribution in [-0.4, -0.2) is 32.3 Å². The highest BCUT2D eigenvalue weighted by Crippen LogP contribution is 2.34. The highest BCUT2D eigenvalue weighted by atomic mass is 35.5. The molecule has 0 heterocycles. The lowest BCUT2D eigenvalue weighted by molar-refractivity contribution is 0.102. The number of amides is 1. The number of halogens is 2. The summed E-state index contributed by atoms with van der Waals surface area (Å²) in [6.07, 6.45) is 4.24. The number of rotatable bonds is 12. The number of hydrogen-bond acceptors (Lipinski definition) is 4. The maximum absolute atomic E-state index is 12.9. The first-order valence-corrected chi connectivity index (χ1v) is 14.0. The predicted octanol–water partition coefficient (Wildman–Crippen LogP) is 7.03. The van der Waals surface area contributed by atoms with Gasteiger partial charge in [0, 0.05) is 24.8 Å². The molecule has 0 fully saturated rings. The maximum atomic E-state index is 12.9. The van der Waals surface area contributed by atoms with Crippen molar-refractivity contribution >= 4 is 44.8 Å². The van der Waals surface area contributed by atoms with Crippen LogP contribution in [0.15, 0.2) is 71.6 Å². The fraction of sp³-hybridized carbons (Fsp3) is 0.296. The first-order chi connectivity index (χ1) is 17.2. The highest BCUT2D eigenvalue weighted by Gasteiger charge is 2.21. The minimum absolute atomic E-state index is 0.130. The summed E-state index contributed by atoms with van der Waals surface area (Å²) < 4.78 is 32.8. The van der Waals surface area contributed by atoms with Gasteiger partial charge in [-0.3, -0.25) is 4.79 Å². The number of nitrogens with zero attached hydrogens (tertiary/aromatic N) is 1. The van der Waals surface area contributed by atoms with Gasteiger partial charge in [0.25, 0.3) is 5.91 Å². The second-order valence-electron chi connectivity index (χ2n) is 8.40. The van der Waals surface area contributed by atoms with Crippen molar-refractivity contribution in [1.29, 1.82) is 0 Å². The molecule has 0 saturated carbocycles. The number of unbranched alkanes of at least 4 members (excludes halogenated alkanes) is 3. The Labute approximate surface area is 223 Å². The lowest BCUT2D eigenvalue weighted by Gasteiger charge is -2.17. The minimum atomic E-state index is -3.69. The second kappa shape index (κ2) is 13.1. The van der Waals surface area contributed by atoms with E-state index in [9.17, 15) is 13.2 Å². The number of sulfonamides is 1. The normalized spacial score (nSPS) is 11.5. The summed E-state index contributed by atoms with van der Waals surface area (Å²) in [6, 6.07) is 18.4. The van der Waals surface area contributed by atoms with Gasteiger partial charge in [-0.25, -0.2) is 8.42 Å².